The van der Waals surface area contributed by atoms with E-state index in [0.717, 1.165) is 0 Å². The third kappa shape index (κ3) is 3.21. The van der Waals surface area contributed by atoms with Gasteiger partial charge in [0.1, 0.15) is 5.75 Å². The van der Waals surface area contributed by atoms with Crippen LogP contribution in [-0.2, 0) is 0 Å². The molecule has 0 fully saturated rings. The molecular formula is C12H8F2N2O3. The van der Waals surface area contributed by atoms with Gasteiger partial charge in [0, 0.05) is 18.0 Å². The smallest absolute Gasteiger partial charge is 0.387 e. The molecule has 0 aliphatic carbocycles. The SMILES string of the molecule is O=C(O)c1cnc(-c2ccc(OC(F)F)cc2)nc1. The van der Waals surface area contributed by atoms with Crippen LogP contribution in [0.5, 0.6) is 5.75 Å². The first kappa shape index (κ1) is 12.9. The molecule has 0 spiro atoms. The maximum atomic E-state index is 12.0. The second-order valence-electron chi connectivity index (χ2n) is 3.50. The van der Waals surface area contributed by atoms with Gasteiger partial charge in [-0.2, -0.15) is 8.78 Å². The van der Waals surface area contributed by atoms with Gasteiger partial charge >= 0.3 is 12.6 Å². The summed E-state index contributed by atoms with van der Waals surface area (Å²) >= 11 is 0. The van der Waals surface area contributed by atoms with Gasteiger partial charge in [-0.1, -0.05) is 0 Å². The Labute approximate surface area is 106 Å². The number of hydrogen-bond donors (Lipinski definition) is 1. The van der Waals surface area contributed by atoms with Crippen LogP contribution in [0.4, 0.5) is 8.78 Å². The van der Waals surface area contributed by atoms with E-state index >= 15 is 0 Å². The molecule has 1 aromatic heterocycles. The Kier molecular flexibility index (Phi) is 3.65. The number of carboxylic acid groups (broad SMARTS) is 1. The fraction of sp³-hybridized carbons (Fsp3) is 0.0833. The third-order valence-corrected chi connectivity index (χ3v) is 2.24. The Balaban J connectivity index is 2.19. The van der Waals surface area contributed by atoms with Gasteiger partial charge in [-0.3, -0.25) is 0 Å². The molecule has 0 saturated heterocycles. The van der Waals surface area contributed by atoms with Crippen LogP contribution in [-0.4, -0.2) is 27.7 Å². The summed E-state index contributed by atoms with van der Waals surface area (Å²) < 4.78 is 28.1. The molecule has 0 atom stereocenters. The zero-order valence-electron chi connectivity index (χ0n) is 9.46. The first-order chi connectivity index (χ1) is 9.06. The highest BCUT2D eigenvalue weighted by Gasteiger charge is 2.07. The number of ether oxygens (including phenoxy) is 1. The van der Waals surface area contributed by atoms with E-state index in [2.05, 4.69) is 14.7 Å². The van der Waals surface area contributed by atoms with Crippen LogP contribution < -0.4 is 4.74 Å². The third-order valence-electron chi connectivity index (χ3n) is 2.24. The number of alkyl halides is 2. The summed E-state index contributed by atoms with van der Waals surface area (Å²) in [6.07, 6.45) is 2.35. The molecule has 0 unspecified atom stereocenters. The lowest BCUT2D eigenvalue weighted by Gasteiger charge is -2.05. The summed E-state index contributed by atoms with van der Waals surface area (Å²) in [4.78, 5) is 18.4. The number of carbonyl (C=O) groups is 1. The van der Waals surface area contributed by atoms with Crippen LogP contribution in [0.15, 0.2) is 36.7 Å². The normalized spacial score (nSPS) is 10.5. The van der Waals surface area contributed by atoms with Crippen LogP contribution in [0.2, 0.25) is 0 Å². The maximum absolute atomic E-state index is 12.0. The second kappa shape index (κ2) is 5.38. The lowest BCUT2D eigenvalue weighted by atomic mass is 10.2. The highest BCUT2D eigenvalue weighted by molar-refractivity contribution is 5.86. The fourth-order valence-electron chi connectivity index (χ4n) is 1.37. The predicted octanol–water partition coefficient (Wildman–Crippen LogP) is 2.44. The minimum absolute atomic E-state index is 0.0265. The van der Waals surface area contributed by atoms with Crippen molar-refractivity contribution in [2.45, 2.75) is 6.61 Å². The Morgan fingerprint density at radius 2 is 1.74 bits per heavy atom. The lowest BCUT2D eigenvalue weighted by Crippen LogP contribution is -2.02. The number of rotatable bonds is 4. The Morgan fingerprint density at radius 1 is 1.16 bits per heavy atom. The van der Waals surface area contributed by atoms with Crippen molar-refractivity contribution in [3.63, 3.8) is 0 Å². The molecule has 0 radical (unpaired) electrons. The molecule has 19 heavy (non-hydrogen) atoms. The number of nitrogens with zero attached hydrogens (tertiary/aromatic N) is 2. The summed E-state index contributed by atoms with van der Waals surface area (Å²) in [5, 5.41) is 8.70. The summed E-state index contributed by atoms with van der Waals surface area (Å²) in [5.74, 6) is -0.790. The van der Waals surface area contributed by atoms with Gasteiger partial charge in [-0.25, -0.2) is 14.8 Å². The highest BCUT2D eigenvalue weighted by atomic mass is 19.3. The summed E-state index contributed by atoms with van der Waals surface area (Å²) in [6, 6.07) is 5.73. The van der Waals surface area contributed by atoms with Crippen LogP contribution >= 0.6 is 0 Å². The van der Waals surface area contributed by atoms with Crippen molar-refractivity contribution in [1.82, 2.24) is 9.97 Å². The minimum Gasteiger partial charge on any atom is -0.478 e. The maximum Gasteiger partial charge on any atom is 0.387 e. The van der Waals surface area contributed by atoms with Crippen LogP contribution in [0.1, 0.15) is 10.4 Å². The topological polar surface area (TPSA) is 72.3 Å². The molecule has 2 aromatic rings. The Hall–Kier alpha value is -2.57. The van der Waals surface area contributed by atoms with E-state index in [-0.39, 0.29) is 11.3 Å². The fourth-order valence-corrected chi connectivity index (χ4v) is 1.37. The zero-order valence-corrected chi connectivity index (χ0v) is 9.46. The second-order valence-corrected chi connectivity index (χ2v) is 3.50. The molecule has 7 heteroatoms. The van der Waals surface area contributed by atoms with E-state index in [9.17, 15) is 13.6 Å². The first-order valence-electron chi connectivity index (χ1n) is 5.17. The molecule has 0 amide bonds. The highest BCUT2D eigenvalue weighted by Crippen LogP contribution is 2.20. The number of aromatic carboxylic acids is 1. The Morgan fingerprint density at radius 3 is 2.21 bits per heavy atom. The van der Waals surface area contributed by atoms with Gasteiger partial charge in [0.15, 0.2) is 5.82 Å². The van der Waals surface area contributed by atoms with E-state index in [4.69, 9.17) is 5.11 Å². The molecular weight excluding hydrogens is 258 g/mol. The zero-order chi connectivity index (χ0) is 13.8. The largest absolute Gasteiger partial charge is 0.478 e. The lowest BCUT2D eigenvalue weighted by molar-refractivity contribution is -0.0498. The molecule has 5 nitrogen and oxygen atoms in total. The molecule has 98 valence electrons. The number of carboxylic acids is 1. The average molecular weight is 266 g/mol. The van der Waals surface area contributed by atoms with Gasteiger partial charge in [0.25, 0.3) is 0 Å². The van der Waals surface area contributed by atoms with E-state index in [1.165, 1.54) is 36.7 Å². The summed E-state index contributed by atoms with van der Waals surface area (Å²) in [6.45, 7) is -2.88. The summed E-state index contributed by atoms with van der Waals surface area (Å²) in [5.41, 5.74) is 0.542. The quantitative estimate of drug-likeness (QED) is 0.920. The van der Waals surface area contributed by atoms with Gasteiger partial charge in [-0.15, -0.1) is 0 Å². The van der Waals surface area contributed by atoms with Crippen molar-refractivity contribution in [2.75, 3.05) is 0 Å². The van der Waals surface area contributed by atoms with E-state index < -0.39 is 12.6 Å². The summed E-state index contributed by atoms with van der Waals surface area (Å²) in [7, 11) is 0. The van der Waals surface area contributed by atoms with Gasteiger partial charge < -0.3 is 9.84 Å². The number of halogens is 2. The molecule has 0 bridgehead atoms. The van der Waals surface area contributed by atoms with Crippen molar-refractivity contribution >= 4 is 5.97 Å². The van der Waals surface area contributed by atoms with Crippen LogP contribution in [0.3, 0.4) is 0 Å². The van der Waals surface area contributed by atoms with E-state index in [1.54, 1.807) is 0 Å². The average Bonchev–Trinajstić information content (AvgIpc) is 2.39. The predicted molar refractivity (Wildman–Crippen MR) is 61.1 cm³/mol. The minimum atomic E-state index is -2.88. The molecule has 1 N–H and O–H groups in total. The molecule has 0 saturated carbocycles. The van der Waals surface area contributed by atoms with Crippen molar-refractivity contribution in [3.05, 3.63) is 42.2 Å². The number of hydrogen-bond acceptors (Lipinski definition) is 4. The number of aromatic nitrogens is 2. The van der Waals surface area contributed by atoms with Gasteiger partial charge in [0.05, 0.1) is 5.56 Å². The Bertz CT molecular complexity index is 571. The molecule has 1 aromatic carbocycles. The van der Waals surface area contributed by atoms with E-state index in [0.29, 0.717) is 11.4 Å². The van der Waals surface area contributed by atoms with Crippen LogP contribution in [0.25, 0.3) is 11.4 Å². The van der Waals surface area contributed by atoms with Crippen molar-refractivity contribution < 1.29 is 23.4 Å². The number of benzene rings is 1. The van der Waals surface area contributed by atoms with Crippen LogP contribution in [0, 0.1) is 0 Å². The van der Waals surface area contributed by atoms with Gasteiger partial charge in [0.2, 0.25) is 0 Å². The van der Waals surface area contributed by atoms with Crippen molar-refractivity contribution in [3.8, 4) is 17.1 Å². The molecule has 2 rings (SSSR count). The monoisotopic (exact) mass is 266 g/mol. The van der Waals surface area contributed by atoms with E-state index in [1.807, 2.05) is 0 Å². The molecule has 1 heterocycles. The standard InChI is InChI=1S/C12H8F2N2O3/c13-12(14)19-9-3-1-7(2-4-9)10-15-5-8(6-16-10)11(17)18/h1-6,12H,(H,17,18). The molecule has 0 aliphatic rings. The first-order valence-corrected chi connectivity index (χ1v) is 5.17. The van der Waals surface area contributed by atoms with Gasteiger partial charge in [-0.05, 0) is 24.3 Å². The van der Waals surface area contributed by atoms with Crippen molar-refractivity contribution in [1.29, 1.82) is 0 Å². The van der Waals surface area contributed by atoms with Crippen molar-refractivity contribution in [2.24, 2.45) is 0 Å². The molecule has 0 aliphatic heterocycles.